The van der Waals surface area contributed by atoms with Gasteiger partial charge in [-0.3, -0.25) is 8.75 Å². The van der Waals surface area contributed by atoms with E-state index in [1.165, 1.54) is 18.0 Å². The van der Waals surface area contributed by atoms with Crippen LogP contribution in [0.2, 0.25) is 0 Å². The van der Waals surface area contributed by atoms with Crippen LogP contribution in [0.1, 0.15) is 32.1 Å². The smallest absolute Gasteiger partial charge is 0.268 e. The molecular formula is C14H17NO2S. The minimum absolute atomic E-state index is 0.0367. The van der Waals surface area contributed by atoms with Gasteiger partial charge in [-0.1, -0.05) is 42.9 Å². The third-order valence-corrected chi connectivity index (χ3v) is 4.84. The Bertz CT molecular complexity index is 608. The molecule has 4 heteroatoms. The molecule has 0 saturated heterocycles. The van der Waals surface area contributed by atoms with Gasteiger partial charge in [-0.25, -0.2) is 0 Å². The summed E-state index contributed by atoms with van der Waals surface area (Å²) >= 11 is 1.46. The van der Waals surface area contributed by atoms with E-state index in [1.54, 1.807) is 3.96 Å². The lowest BCUT2D eigenvalue weighted by molar-refractivity contribution is -0.00960. The van der Waals surface area contributed by atoms with Crippen molar-refractivity contribution in [3.05, 3.63) is 34.6 Å². The fraction of sp³-hybridized carbons (Fsp3) is 0.500. The molecule has 0 bridgehead atoms. The van der Waals surface area contributed by atoms with Crippen LogP contribution in [0.25, 0.3) is 10.1 Å². The maximum Gasteiger partial charge on any atom is 0.268 e. The maximum atomic E-state index is 12.2. The third-order valence-electron chi connectivity index (χ3n) is 3.77. The molecule has 3 rings (SSSR count). The Morgan fingerprint density at radius 3 is 2.67 bits per heavy atom. The van der Waals surface area contributed by atoms with E-state index in [9.17, 15) is 9.90 Å². The van der Waals surface area contributed by atoms with E-state index in [-0.39, 0.29) is 5.56 Å². The molecule has 3 nitrogen and oxygen atoms in total. The summed E-state index contributed by atoms with van der Waals surface area (Å²) in [7, 11) is 0. The number of benzene rings is 1. The van der Waals surface area contributed by atoms with Crippen LogP contribution in [-0.2, 0) is 6.54 Å². The zero-order valence-corrected chi connectivity index (χ0v) is 11.1. The van der Waals surface area contributed by atoms with Crippen LogP contribution in [0.15, 0.2) is 29.1 Å². The zero-order valence-electron chi connectivity index (χ0n) is 10.3. The summed E-state index contributed by atoms with van der Waals surface area (Å²) in [5.74, 6) is 0. The van der Waals surface area contributed by atoms with Gasteiger partial charge in [0, 0.05) is 0 Å². The fourth-order valence-electron chi connectivity index (χ4n) is 2.76. The SMILES string of the molecule is O=c1c2ccccc2sn1CC1(O)CCCCC1. The Morgan fingerprint density at radius 2 is 1.94 bits per heavy atom. The maximum absolute atomic E-state index is 12.2. The first-order valence-electron chi connectivity index (χ1n) is 6.49. The molecule has 0 unspecified atom stereocenters. The van der Waals surface area contributed by atoms with Crippen LogP contribution in [0, 0.1) is 0 Å². The summed E-state index contributed by atoms with van der Waals surface area (Å²) in [4.78, 5) is 12.2. The van der Waals surface area contributed by atoms with Crippen molar-refractivity contribution in [3.8, 4) is 0 Å². The molecule has 1 aliphatic rings. The lowest BCUT2D eigenvalue weighted by atomic mass is 9.85. The lowest BCUT2D eigenvalue weighted by Crippen LogP contribution is -2.38. The van der Waals surface area contributed by atoms with E-state index in [4.69, 9.17) is 0 Å². The molecule has 0 radical (unpaired) electrons. The number of aliphatic hydroxyl groups is 1. The molecule has 1 aromatic heterocycles. The second kappa shape index (κ2) is 4.52. The molecule has 1 fully saturated rings. The molecule has 1 aliphatic carbocycles. The number of hydrogen-bond donors (Lipinski definition) is 1. The van der Waals surface area contributed by atoms with Gasteiger partial charge in [0.25, 0.3) is 5.56 Å². The first-order chi connectivity index (χ1) is 8.68. The van der Waals surface area contributed by atoms with Gasteiger partial charge in [0.15, 0.2) is 0 Å². The average molecular weight is 263 g/mol. The molecule has 18 heavy (non-hydrogen) atoms. The number of fused-ring (bicyclic) bond motifs is 1. The van der Waals surface area contributed by atoms with Crippen molar-refractivity contribution in [2.45, 2.75) is 44.2 Å². The van der Waals surface area contributed by atoms with E-state index in [0.717, 1.165) is 35.8 Å². The fourth-order valence-corrected chi connectivity index (χ4v) is 3.87. The first kappa shape index (κ1) is 11.9. The lowest BCUT2D eigenvalue weighted by Gasteiger charge is -2.31. The topological polar surface area (TPSA) is 42.2 Å². The Hall–Kier alpha value is -1.13. The summed E-state index contributed by atoms with van der Waals surface area (Å²) in [5.41, 5.74) is -0.641. The molecule has 96 valence electrons. The van der Waals surface area contributed by atoms with Gasteiger partial charge in [0.05, 0.1) is 22.2 Å². The van der Waals surface area contributed by atoms with Gasteiger partial charge in [-0.2, -0.15) is 0 Å². The van der Waals surface area contributed by atoms with Crippen molar-refractivity contribution in [1.82, 2.24) is 3.96 Å². The van der Waals surface area contributed by atoms with Crippen molar-refractivity contribution >= 4 is 21.6 Å². The Morgan fingerprint density at radius 1 is 1.22 bits per heavy atom. The number of rotatable bonds is 2. The summed E-state index contributed by atoms with van der Waals surface area (Å²) in [6, 6.07) is 7.65. The molecule has 2 aromatic rings. The normalized spacial score (nSPS) is 19.2. The van der Waals surface area contributed by atoms with Crippen LogP contribution in [-0.4, -0.2) is 14.7 Å². The van der Waals surface area contributed by atoms with Crippen LogP contribution in [0.3, 0.4) is 0 Å². The van der Waals surface area contributed by atoms with E-state index < -0.39 is 5.60 Å². The number of hydrogen-bond acceptors (Lipinski definition) is 3. The molecule has 1 N–H and O–H groups in total. The van der Waals surface area contributed by atoms with Crippen molar-refractivity contribution < 1.29 is 5.11 Å². The second-order valence-corrected chi connectivity index (χ2v) is 6.28. The Balaban J connectivity index is 1.95. The standard InChI is InChI=1S/C14H17NO2S/c16-13-11-6-2-3-7-12(11)18-15(13)10-14(17)8-4-1-5-9-14/h2-3,6-7,17H,1,4-5,8-10H2. The van der Waals surface area contributed by atoms with Gasteiger partial charge < -0.3 is 5.11 Å². The highest BCUT2D eigenvalue weighted by Crippen LogP contribution is 2.30. The molecule has 1 saturated carbocycles. The first-order valence-corrected chi connectivity index (χ1v) is 7.27. The predicted molar refractivity (Wildman–Crippen MR) is 74.1 cm³/mol. The largest absolute Gasteiger partial charge is 0.388 e. The number of aromatic nitrogens is 1. The molecule has 0 amide bonds. The van der Waals surface area contributed by atoms with Gasteiger partial charge >= 0.3 is 0 Å². The van der Waals surface area contributed by atoms with E-state index in [1.807, 2.05) is 24.3 Å². The quantitative estimate of drug-likeness (QED) is 0.905. The number of nitrogens with zero attached hydrogens (tertiary/aromatic N) is 1. The molecule has 1 heterocycles. The molecular weight excluding hydrogens is 246 g/mol. The Kier molecular flexibility index (Phi) is 2.99. The van der Waals surface area contributed by atoms with Crippen LogP contribution in [0.4, 0.5) is 0 Å². The van der Waals surface area contributed by atoms with Gasteiger partial charge in [0.1, 0.15) is 0 Å². The third kappa shape index (κ3) is 2.10. The molecule has 0 aliphatic heterocycles. The van der Waals surface area contributed by atoms with E-state index >= 15 is 0 Å². The molecule has 0 spiro atoms. The van der Waals surface area contributed by atoms with Crippen molar-refractivity contribution in [2.75, 3.05) is 0 Å². The van der Waals surface area contributed by atoms with Crippen molar-refractivity contribution in [3.63, 3.8) is 0 Å². The summed E-state index contributed by atoms with van der Waals surface area (Å²) < 4.78 is 2.72. The van der Waals surface area contributed by atoms with Crippen LogP contribution < -0.4 is 5.56 Å². The van der Waals surface area contributed by atoms with E-state index in [0.29, 0.717) is 6.54 Å². The summed E-state index contributed by atoms with van der Waals surface area (Å²) in [6.45, 7) is 0.450. The van der Waals surface area contributed by atoms with Gasteiger partial charge in [-0.05, 0) is 25.0 Å². The van der Waals surface area contributed by atoms with Gasteiger partial charge in [-0.15, -0.1) is 0 Å². The molecule has 0 atom stereocenters. The predicted octanol–water partition coefficient (Wildman–Crippen LogP) is 2.76. The highest BCUT2D eigenvalue weighted by Gasteiger charge is 2.30. The second-order valence-electron chi connectivity index (χ2n) is 5.21. The monoisotopic (exact) mass is 263 g/mol. The van der Waals surface area contributed by atoms with E-state index in [2.05, 4.69) is 0 Å². The highest BCUT2D eigenvalue weighted by atomic mass is 32.1. The van der Waals surface area contributed by atoms with Crippen molar-refractivity contribution in [2.24, 2.45) is 0 Å². The minimum Gasteiger partial charge on any atom is -0.388 e. The van der Waals surface area contributed by atoms with Crippen molar-refractivity contribution in [1.29, 1.82) is 0 Å². The van der Waals surface area contributed by atoms with Gasteiger partial charge in [0.2, 0.25) is 0 Å². The minimum atomic E-state index is -0.678. The summed E-state index contributed by atoms with van der Waals surface area (Å²) in [6.07, 6.45) is 4.96. The Labute approximate surface area is 110 Å². The summed E-state index contributed by atoms with van der Waals surface area (Å²) in [5, 5.41) is 11.3. The van der Waals surface area contributed by atoms with Crippen LogP contribution in [0.5, 0.6) is 0 Å². The zero-order chi connectivity index (χ0) is 12.6. The highest BCUT2D eigenvalue weighted by molar-refractivity contribution is 7.13. The van der Waals surface area contributed by atoms with Crippen LogP contribution >= 0.6 is 11.5 Å². The molecule has 1 aromatic carbocycles. The average Bonchev–Trinajstić information content (AvgIpc) is 2.67.